The minimum absolute atomic E-state index is 0.275. The fraction of sp³-hybridized carbons (Fsp3) is 0.167. The number of nitriles is 1. The van der Waals surface area contributed by atoms with Gasteiger partial charge in [0.1, 0.15) is 17.5 Å². The van der Waals surface area contributed by atoms with Crippen LogP contribution in [0.15, 0.2) is 24.3 Å². The minimum atomic E-state index is 0.275. The first-order valence-corrected chi connectivity index (χ1v) is 5.10. The molecule has 0 aliphatic rings. The fourth-order valence-corrected chi connectivity index (χ4v) is 1.70. The number of nitrogens with two attached hydrogens (primary N) is 1. The summed E-state index contributed by atoms with van der Waals surface area (Å²) in [6.45, 7) is 2.72. The highest BCUT2D eigenvalue weighted by molar-refractivity contribution is 5.96. The van der Waals surface area contributed by atoms with Crippen molar-refractivity contribution in [2.45, 2.75) is 6.92 Å². The van der Waals surface area contributed by atoms with Crippen molar-refractivity contribution < 1.29 is 0 Å². The number of hydrogen-bond acceptors (Lipinski definition) is 4. The third-order valence-electron chi connectivity index (χ3n) is 2.39. The van der Waals surface area contributed by atoms with E-state index in [-0.39, 0.29) is 5.82 Å². The molecule has 0 atom stereocenters. The van der Waals surface area contributed by atoms with Crippen LogP contribution in [-0.2, 0) is 0 Å². The number of nitrogens with zero attached hydrogens (tertiary/aromatic N) is 2. The Kier molecular flexibility index (Phi) is 2.61. The van der Waals surface area contributed by atoms with Crippen LogP contribution < -0.4 is 11.1 Å². The van der Waals surface area contributed by atoms with Gasteiger partial charge in [-0.15, -0.1) is 0 Å². The summed E-state index contributed by atoms with van der Waals surface area (Å²) >= 11 is 0. The summed E-state index contributed by atoms with van der Waals surface area (Å²) in [4.78, 5) is 4.20. The zero-order valence-electron chi connectivity index (χ0n) is 8.99. The molecule has 0 spiro atoms. The van der Waals surface area contributed by atoms with Crippen LogP contribution in [0.3, 0.4) is 0 Å². The number of nitrogen functional groups attached to an aromatic ring is 1. The first-order chi connectivity index (χ1) is 7.77. The Bertz CT molecular complexity index is 569. The number of anilines is 2. The molecule has 0 amide bonds. The summed E-state index contributed by atoms with van der Waals surface area (Å²) in [5.41, 5.74) is 7.74. The van der Waals surface area contributed by atoms with E-state index in [4.69, 9.17) is 11.0 Å². The van der Waals surface area contributed by atoms with Gasteiger partial charge in [0.25, 0.3) is 0 Å². The zero-order valence-corrected chi connectivity index (χ0v) is 8.99. The van der Waals surface area contributed by atoms with E-state index in [1.807, 2.05) is 31.2 Å². The van der Waals surface area contributed by atoms with E-state index < -0.39 is 0 Å². The summed E-state index contributed by atoms with van der Waals surface area (Å²) in [6, 6.07) is 9.72. The van der Waals surface area contributed by atoms with Gasteiger partial charge in [-0.3, -0.25) is 0 Å². The summed E-state index contributed by atoms with van der Waals surface area (Å²) in [5.74, 6) is 0.275. The zero-order chi connectivity index (χ0) is 11.5. The molecular formula is C12H12N4. The van der Waals surface area contributed by atoms with E-state index >= 15 is 0 Å². The van der Waals surface area contributed by atoms with Crippen LogP contribution in [0.4, 0.5) is 11.5 Å². The molecule has 3 N–H and O–H groups in total. The van der Waals surface area contributed by atoms with Gasteiger partial charge in [-0.05, 0) is 13.0 Å². The molecule has 2 rings (SSSR count). The molecule has 16 heavy (non-hydrogen) atoms. The quantitative estimate of drug-likeness (QED) is 0.799. The van der Waals surface area contributed by atoms with Gasteiger partial charge < -0.3 is 11.1 Å². The topological polar surface area (TPSA) is 74.7 Å². The third kappa shape index (κ3) is 1.52. The molecule has 0 bridgehead atoms. The smallest absolute Gasteiger partial charge is 0.144 e. The number of hydrogen-bond donors (Lipinski definition) is 2. The van der Waals surface area contributed by atoms with Crippen LogP contribution in [0.2, 0.25) is 0 Å². The highest BCUT2D eigenvalue weighted by atomic mass is 14.9. The normalized spacial score (nSPS) is 10.0. The lowest BCUT2D eigenvalue weighted by Gasteiger charge is -2.11. The molecule has 0 saturated carbocycles. The lowest BCUT2D eigenvalue weighted by molar-refractivity contribution is 1.21. The van der Waals surface area contributed by atoms with Gasteiger partial charge in [-0.25, -0.2) is 4.98 Å². The van der Waals surface area contributed by atoms with Crippen LogP contribution >= 0.6 is 0 Å². The number of nitrogens with one attached hydrogen (secondary N) is 1. The molecule has 4 heteroatoms. The molecule has 0 unspecified atom stereocenters. The lowest BCUT2D eigenvalue weighted by atomic mass is 10.1. The highest BCUT2D eigenvalue weighted by Crippen LogP contribution is 2.28. The average Bonchev–Trinajstić information content (AvgIpc) is 2.29. The number of benzene rings is 1. The molecule has 0 radical (unpaired) electrons. The van der Waals surface area contributed by atoms with Crippen molar-refractivity contribution in [3.63, 3.8) is 0 Å². The predicted octanol–water partition coefficient (Wildman–Crippen LogP) is 2.12. The van der Waals surface area contributed by atoms with Crippen LogP contribution in [0.1, 0.15) is 12.5 Å². The predicted molar refractivity (Wildman–Crippen MR) is 65.0 cm³/mol. The molecular weight excluding hydrogens is 200 g/mol. The van der Waals surface area contributed by atoms with Gasteiger partial charge in [0.2, 0.25) is 0 Å². The summed E-state index contributed by atoms with van der Waals surface area (Å²) < 4.78 is 0. The largest absolute Gasteiger partial charge is 0.384 e. The Morgan fingerprint density at radius 3 is 2.88 bits per heavy atom. The molecule has 0 aliphatic heterocycles. The van der Waals surface area contributed by atoms with Crippen molar-refractivity contribution in [3.8, 4) is 6.07 Å². The van der Waals surface area contributed by atoms with E-state index in [9.17, 15) is 0 Å². The van der Waals surface area contributed by atoms with Crippen LogP contribution in [0, 0.1) is 11.3 Å². The molecule has 80 valence electrons. The first kappa shape index (κ1) is 10.2. The van der Waals surface area contributed by atoms with Gasteiger partial charge in [0.15, 0.2) is 0 Å². The first-order valence-electron chi connectivity index (χ1n) is 5.10. The number of rotatable bonds is 2. The van der Waals surface area contributed by atoms with Crippen LogP contribution in [0.25, 0.3) is 10.9 Å². The lowest BCUT2D eigenvalue weighted by Crippen LogP contribution is -2.04. The number of para-hydroxylation sites is 1. The number of fused-ring (bicyclic) bond motifs is 1. The maximum absolute atomic E-state index is 9.08. The van der Waals surface area contributed by atoms with Gasteiger partial charge in [0, 0.05) is 11.9 Å². The fourth-order valence-electron chi connectivity index (χ4n) is 1.70. The highest BCUT2D eigenvalue weighted by Gasteiger charge is 2.11. The van der Waals surface area contributed by atoms with Crippen molar-refractivity contribution in [2.24, 2.45) is 0 Å². The summed E-state index contributed by atoms with van der Waals surface area (Å²) in [5, 5.41) is 13.2. The van der Waals surface area contributed by atoms with E-state index in [0.29, 0.717) is 5.56 Å². The Morgan fingerprint density at radius 1 is 1.44 bits per heavy atom. The second-order valence-electron chi connectivity index (χ2n) is 3.41. The SMILES string of the molecule is CCNc1c(C#N)c(N)nc2ccccc12. The van der Waals surface area contributed by atoms with Crippen molar-refractivity contribution in [2.75, 3.05) is 17.6 Å². The van der Waals surface area contributed by atoms with E-state index in [2.05, 4.69) is 16.4 Å². The van der Waals surface area contributed by atoms with Gasteiger partial charge in [-0.2, -0.15) is 5.26 Å². The van der Waals surface area contributed by atoms with Crippen molar-refractivity contribution in [3.05, 3.63) is 29.8 Å². The van der Waals surface area contributed by atoms with E-state index in [0.717, 1.165) is 23.1 Å². The van der Waals surface area contributed by atoms with Gasteiger partial charge in [0.05, 0.1) is 11.2 Å². The molecule has 4 nitrogen and oxygen atoms in total. The monoisotopic (exact) mass is 212 g/mol. The standard InChI is InChI=1S/C12H12N4/c1-2-15-11-8-5-3-4-6-10(8)16-12(14)9(11)7-13/h3-6H,2H2,1H3,(H3,14,15,16). The molecule has 0 fully saturated rings. The molecule has 0 saturated heterocycles. The molecule has 2 aromatic rings. The average molecular weight is 212 g/mol. The second-order valence-corrected chi connectivity index (χ2v) is 3.41. The van der Waals surface area contributed by atoms with Gasteiger partial charge >= 0.3 is 0 Å². The summed E-state index contributed by atoms with van der Waals surface area (Å²) in [6.07, 6.45) is 0. The number of pyridine rings is 1. The number of aromatic nitrogens is 1. The Morgan fingerprint density at radius 2 is 2.19 bits per heavy atom. The van der Waals surface area contributed by atoms with E-state index in [1.165, 1.54) is 0 Å². The van der Waals surface area contributed by atoms with Crippen molar-refractivity contribution >= 4 is 22.4 Å². The van der Waals surface area contributed by atoms with E-state index in [1.54, 1.807) is 0 Å². The van der Waals surface area contributed by atoms with Crippen molar-refractivity contribution in [1.82, 2.24) is 4.98 Å². The Labute approximate surface area is 93.7 Å². The maximum Gasteiger partial charge on any atom is 0.144 e. The molecule has 1 aromatic heterocycles. The molecule has 1 heterocycles. The molecule has 0 aliphatic carbocycles. The third-order valence-corrected chi connectivity index (χ3v) is 2.39. The Hall–Kier alpha value is -2.28. The molecule has 1 aromatic carbocycles. The van der Waals surface area contributed by atoms with Gasteiger partial charge in [-0.1, -0.05) is 18.2 Å². The van der Waals surface area contributed by atoms with Crippen molar-refractivity contribution in [1.29, 1.82) is 5.26 Å². The Balaban J connectivity index is 2.83. The van der Waals surface area contributed by atoms with Crippen LogP contribution in [-0.4, -0.2) is 11.5 Å². The maximum atomic E-state index is 9.08. The van der Waals surface area contributed by atoms with Crippen LogP contribution in [0.5, 0.6) is 0 Å². The summed E-state index contributed by atoms with van der Waals surface area (Å²) in [7, 11) is 0. The second kappa shape index (κ2) is 4.07. The minimum Gasteiger partial charge on any atom is -0.384 e.